The van der Waals surface area contributed by atoms with Crippen LogP contribution in [0.25, 0.3) is 0 Å². The number of carbonyl (C=O) groups excluding carboxylic acids is 1. The van der Waals surface area contributed by atoms with Crippen molar-refractivity contribution in [1.29, 1.82) is 0 Å². The largest absolute Gasteiger partial charge is 0.416 e. The lowest BCUT2D eigenvalue weighted by Gasteiger charge is -2.11. The maximum atomic E-state index is 12.5. The van der Waals surface area contributed by atoms with Crippen LogP contribution in [0.5, 0.6) is 0 Å². The summed E-state index contributed by atoms with van der Waals surface area (Å²) < 4.78 is 37.6. The zero-order valence-electron chi connectivity index (χ0n) is 10.3. The monoisotopic (exact) mass is 294 g/mol. The molecule has 7 heteroatoms. The van der Waals surface area contributed by atoms with E-state index in [4.69, 9.17) is 11.6 Å². The van der Waals surface area contributed by atoms with Gasteiger partial charge in [0.25, 0.3) is 0 Å². The zero-order chi connectivity index (χ0) is 14.5. The van der Waals surface area contributed by atoms with Crippen LogP contribution < -0.4 is 10.6 Å². The van der Waals surface area contributed by atoms with Crippen LogP contribution in [0.3, 0.4) is 0 Å². The Bertz CT molecular complexity index is 449. The van der Waals surface area contributed by atoms with E-state index >= 15 is 0 Å². The fourth-order valence-electron chi connectivity index (χ4n) is 1.46. The Labute approximate surface area is 114 Å². The Hall–Kier alpha value is -1.43. The van der Waals surface area contributed by atoms with Crippen LogP contribution in [0.1, 0.15) is 18.9 Å². The number of halogens is 4. The number of amides is 1. The third-order valence-electron chi connectivity index (χ3n) is 2.28. The van der Waals surface area contributed by atoms with E-state index in [-0.39, 0.29) is 29.6 Å². The highest BCUT2D eigenvalue weighted by Gasteiger charge is 2.31. The van der Waals surface area contributed by atoms with E-state index in [2.05, 4.69) is 10.6 Å². The van der Waals surface area contributed by atoms with Crippen LogP contribution in [-0.2, 0) is 11.0 Å². The predicted octanol–water partition coefficient (Wildman–Crippen LogP) is 3.30. The third kappa shape index (κ3) is 5.38. The molecule has 3 nitrogen and oxygen atoms in total. The normalized spacial score (nSPS) is 11.2. The topological polar surface area (TPSA) is 41.1 Å². The molecule has 0 aliphatic rings. The van der Waals surface area contributed by atoms with Crippen molar-refractivity contribution in [3.8, 4) is 0 Å². The first-order valence-corrected chi connectivity index (χ1v) is 6.09. The van der Waals surface area contributed by atoms with Crippen LogP contribution in [0, 0.1) is 0 Å². The minimum absolute atomic E-state index is 0.00432. The molecule has 1 aromatic carbocycles. The van der Waals surface area contributed by atoms with Gasteiger partial charge in [0.1, 0.15) is 0 Å². The zero-order valence-corrected chi connectivity index (χ0v) is 11.0. The average Bonchev–Trinajstić information content (AvgIpc) is 2.27. The van der Waals surface area contributed by atoms with Crippen molar-refractivity contribution in [2.24, 2.45) is 0 Å². The fourth-order valence-corrected chi connectivity index (χ4v) is 1.70. The molecule has 0 heterocycles. The van der Waals surface area contributed by atoms with E-state index in [0.29, 0.717) is 6.54 Å². The molecule has 0 radical (unpaired) electrons. The summed E-state index contributed by atoms with van der Waals surface area (Å²) in [5.74, 6) is -0.159. The highest BCUT2D eigenvalue weighted by Crippen LogP contribution is 2.33. The first kappa shape index (κ1) is 15.6. The van der Waals surface area contributed by atoms with Gasteiger partial charge in [-0.15, -0.1) is 0 Å². The Morgan fingerprint density at radius 3 is 2.58 bits per heavy atom. The molecule has 0 spiro atoms. The molecule has 0 atom stereocenters. The number of benzene rings is 1. The van der Waals surface area contributed by atoms with Gasteiger partial charge in [-0.25, -0.2) is 0 Å². The minimum Gasteiger partial charge on any atom is -0.384 e. The fraction of sp³-hybridized carbons (Fsp3) is 0.417. The molecule has 0 fully saturated rings. The van der Waals surface area contributed by atoms with Crippen molar-refractivity contribution in [3.05, 3.63) is 28.8 Å². The molecule has 0 unspecified atom stereocenters. The molecule has 1 amide bonds. The van der Waals surface area contributed by atoms with E-state index in [1.807, 2.05) is 0 Å². The number of hydrogen-bond acceptors (Lipinski definition) is 2. The molecule has 1 rings (SSSR count). The molecule has 0 aromatic heterocycles. The Morgan fingerprint density at radius 1 is 1.32 bits per heavy atom. The molecular formula is C12H14ClF3N2O. The first-order chi connectivity index (χ1) is 8.82. The molecule has 0 saturated heterocycles. The standard InChI is InChI=1S/C12H14ClF3N2O/c1-2-17-11(19)3-4-18-10-6-8(12(14,15)16)5-9(13)7-10/h5-7,18H,2-4H2,1H3,(H,17,19). The average molecular weight is 295 g/mol. The number of hydrogen-bond donors (Lipinski definition) is 2. The van der Waals surface area contributed by atoms with E-state index in [9.17, 15) is 18.0 Å². The van der Waals surface area contributed by atoms with Gasteiger partial charge >= 0.3 is 6.18 Å². The van der Waals surface area contributed by atoms with Gasteiger partial charge < -0.3 is 10.6 Å². The third-order valence-corrected chi connectivity index (χ3v) is 2.50. The minimum atomic E-state index is -4.44. The van der Waals surface area contributed by atoms with E-state index in [1.165, 1.54) is 6.07 Å². The second kappa shape index (κ2) is 6.65. The van der Waals surface area contributed by atoms with Gasteiger partial charge in [-0.05, 0) is 25.1 Å². The molecule has 0 bridgehead atoms. The predicted molar refractivity (Wildman–Crippen MR) is 68.2 cm³/mol. The molecule has 106 valence electrons. The van der Waals surface area contributed by atoms with Crippen molar-refractivity contribution < 1.29 is 18.0 Å². The van der Waals surface area contributed by atoms with Gasteiger partial charge in [0.15, 0.2) is 0 Å². The summed E-state index contributed by atoms with van der Waals surface area (Å²) in [6.45, 7) is 2.55. The molecule has 0 aliphatic carbocycles. The van der Waals surface area contributed by atoms with Crippen LogP contribution >= 0.6 is 11.6 Å². The Kier molecular flexibility index (Phi) is 5.47. The number of alkyl halides is 3. The molecule has 2 N–H and O–H groups in total. The van der Waals surface area contributed by atoms with Crippen LogP contribution in [0.4, 0.5) is 18.9 Å². The second-order valence-corrected chi connectivity index (χ2v) is 4.29. The molecule has 0 aliphatic heterocycles. The number of anilines is 1. The Balaban J connectivity index is 2.64. The van der Waals surface area contributed by atoms with Gasteiger partial charge in [0.05, 0.1) is 5.56 Å². The molecular weight excluding hydrogens is 281 g/mol. The summed E-state index contributed by atoms with van der Waals surface area (Å²) in [5, 5.41) is 5.33. The number of rotatable bonds is 5. The van der Waals surface area contributed by atoms with Crippen LogP contribution in [0.15, 0.2) is 18.2 Å². The summed E-state index contributed by atoms with van der Waals surface area (Å²) in [4.78, 5) is 11.2. The summed E-state index contributed by atoms with van der Waals surface area (Å²) in [5.41, 5.74) is -0.579. The van der Waals surface area contributed by atoms with Crippen LogP contribution in [-0.4, -0.2) is 19.0 Å². The first-order valence-electron chi connectivity index (χ1n) is 5.71. The van der Waals surface area contributed by atoms with Gasteiger partial charge in [0, 0.05) is 30.2 Å². The summed E-state index contributed by atoms with van der Waals surface area (Å²) >= 11 is 5.63. The second-order valence-electron chi connectivity index (χ2n) is 3.86. The SMILES string of the molecule is CCNC(=O)CCNc1cc(Cl)cc(C(F)(F)F)c1. The maximum Gasteiger partial charge on any atom is 0.416 e. The van der Waals surface area contributed by atoms with Gasteiger partial charge in [-0.1, -0.05) is 11.6 Å². The van der Waals surface area contributed by atoms with Crippen LogP contribution in [0.2, 0.25) is 5.02 Å². The summed E-state index contributed by atoms with van der Waals surface area (Å²) in [6, 6.07) is 3.20. The van der Waals surface area contributed by atoms with Crippen molar-refractivity contribution in [2.45, 2.75) is 19.5 Å². The van der Waals surface area contributed by atoms with Gasteiger partial charge in [0.2, 0.25) is 5.91 Å². The highest BCUT2D eigenvalue weighted by atomic mass is 35.5. The van der Waals surface area contributed by atoms with Crippen molar-refractivity contribution in [1.82, 2.24) is 5.32 Å². The molecule has 19 heavy (non-hydrogen) atoms. The lowest BCUT2D eigenvalue weighted by atomic mass is 10.2. The highest BCUT2D eigenvalue weighted by molar-refractivity contribution is 6.30. The summed E-state index contributed by atoms with van der Waals surface area (Å²) in [6.07, 6.45) is -4.26. The smallest absolute Gasteiger partial charge is 0.384 e. The lowest BCUT2D eigenvalue weighted by Crippen LogP contribution is -2.24. The van der Waals surface area contributed by atoms with E-state index < -0.39 is 11.7 Å². The molecule has 0 saturated carbocycles. The molecule has 1 aromatic rings. The lowest BCUT2D eigenvalue weighted by molar-refractivity contribution is -0.137. The van der Waals surface area contributed by atoms with E-state index in [0.717, 1.165) is 12.1 Å². The van der Waals surface area contributed by atoms with Gasteiger partial charge in [-0.2, -0.15) is 13.2 Å². The number of nitrogens with one attached hydrogen (secondary N) is 2. The quantitative estimate of drug-likeness (QED) is 0.875. The summed E-state index contributed by atoms with van der Waals surface area (Å²) in [7, 11) is 0. The van der Waals surface area contributed by atoms with Gasteiger partial charge in [-0.3, -0.25) is 4.79 Å². The van der Waals surface area contributed by atoms with Crippen molar-refractivity contribution >= 4 is 23.2 Å². The van der Waals surface area contributed by atoms with Crippen molar-refractivity contribution in [2.75, 3.05) is 18.4 Å². The maximum absolute atomic E-state index is 12.5. The number of carbonyl (C=O) groups is 1. The van der Waals surface area contributed by atoms with Crippen molar-refractivity contribution in [3.63, 3.8) is 0 Å². The Morgan fingerprint density at radius 2 is 2.00 bits per heavy atom. The van der Waals surface area contributed by atoms with E-state index in [1.54, 1.807) is 6.92 Å².